The molecule has 0 atom stereocenters. The summed E-state index contributed by atoms with van der Waals surface area (Å²) in [6, 6.07) is 8.21. The van der Waals surface area contributed by atoms with Crippen molar-refractivity contribution in [2.45, 2.75) is 13.0 Å². The number of hydrogen-bond donors (Lipinski definition) is 3. The number of halogens is 1. The van der Waals surface area contributed by atoms with E-state index in [2.05, 4.69) is 22.3 Å². The molecule has 0 aromatic heterocycles. The van der Waals surface area contributed by atoms with Gasteiger partial charge >= 0.3 is 0 Å². The smallest absolute Gasteiger partial charge is 0.169 e. The Kier molecular flexibility index (Phi) is 7.95. The predicted molar refractivity (Wildman–Crippen MR) is 109 cm³/mol. The second-order valence-electron chi connectivity index (χ2n) is 7.24. The third-order valence-electron chi connectivity index (χ3n) is 5.31. The summed E-state index contributed by atoms with van der Waals surface area (Å²) < 4.78 is 5.40. The molecule has 0 unspecified atom stereocenters. The first kappa shape index (κ1) is 19.8. The van der Waals surface area contributed by atoms with Crippen LogP contribution < -0.4 is 15.1 Å². The molecule has 3 rings (SSSR count). The van der Waals surface area contributed by atoms with Crippen molar-refractivity contribution in [1.82, 2.24) is 10.2 Å². The highest BCUT2D eigenvalue weighted by atomic mass is 35.5. The molecule has 0 spiro atoms. The summed E-state index contributed by atoms with van der Waals surface area (Å²) in [5.74, 6) is 0. The lowest BCUT2D eigenvalue weighted by atomic mass is 10.2. The van der Waals surface area contributed by atoms with Crippen LogP contribution in [0.3, 0.4) is 0 Å². The molecule has 2 aliphatic rings. The highest BCUT2D eigenvalue weighted by Crippen LogP contribution is 2.08. The van der Waals surface area contributed by atoms with Gasteiger partial charge in [0.25, 0.3) is 0 Å². The summed E-state index contributed by atoms with van der Waals surface area (Å²) in [6.45, 7) is 11.7. The molecule has 0 amide bonds. The highest BCUT2D eigenvalue weighted by Gasteiger charge is 2.21. The van der Waals surface area contributed by atoms with E-state index in [-0.39, 0.29) is 0 Å². The zero-order chi connectivity index (χ0) is 18.2. The van der Waals surface area contributed by atoms with E-state index in [1.54, 1.807) is 9.80 Å². The van der Waals surface area contributed by atoms with Gasteiger partial charge in [-0.3, -0.25) is 0 Å². The van der Waals surface area contributed by atoms with Gasteiger partial charge in [-0.2, -0.15) is 0 Å². The van der Waals surface area contributed by atoms with E-state index >= 15 is 0 Å². The minimum atomic E-state index is 0.806. The molecule has 2 heterocycles. The highest BCUT2D eigenvalue weighted by molar-refractivity contribution is 7.80. The Morgan fingerprint density at radius 3 is 2.46 bits per heavy atom. The van der Waals surface area contributed by atoms with E-state index in [9.17, 15) is 0 Å². The summed E-state index contributed by atoms with van der Waals surface area (Å²) in [4.78, 5) is 5.59. The molecular weight excluding hydrogens is 368 g/mol. The van der Waals surface area contributed by atoms with Gasteiger partial charge in [-0.25, -0.2) is 0 Å². The van der Waals surface area contributed by atoms with E-state index in [1.807, 2.05) is 12.1 Å². The maximum atomic E-state index is 5.96. The van der Waals surface area contributed by atoms with Crippen LogP contribution in [-0.2, 0) is 11.3 Å². The molecule has 0 bridgehead atoms. The summed E-state index contributed by atoms with van der Waals surface area (Å²) in [7, 11) is 0. The van der Waals surface area contributed by atoms with Crippen molar-refractivity contribution in [3.05, 3.63) is 34.9 Å². The van der Waals surface area contributed by atoms with Gasteiger partial charge in [0.05, 0.1) is 45.9 Å². The lowest BCUT2D eigenvalue weighted by Gasteiger charge is -2.34. The van der Waals surface area contributed by atoms with E-state index < -0.39 is 0 Å². The van der Waals surface area contributed by atoms with Crippen molar-refractivity contribution >= 4 is 28.9 Å². The first-order valence-electron chi connectivity index (χ1n) is 9.73. The minimum absolute atomic E-state index is 0.806. The topological polar surface area (TPSA) is 33.4 Å². The van der Waals surface area contributed by atoms with Gasteiger partial charge in [-0.05, 0) is 24.4 Å². The summed E-state index contributed by atoms with van der Waals surface area (Å²) in [5.41, 5.74) is 1.35. The summed E-state index contributed by atoms with van der Waals surface area (Å²) >= 11 is 11.6. The van der Waals surface area contributed by atoms with E-state index in [0.717, 1.165) is 82.1 Å². The second-order valence-corrected chi connectivity index (χ2v) is 8.06. The molecule has 2 aliphatic heterocycles. The Hall–Kier alpha value is -0.920. The number of nitrogens with zero attached hydrogens (tertiary/aromatic N) is 1. The number of hydrogen-bond acceptors (Lipinski definition) is 2. The van der Waals surface area contributed by atoms with Crippen LogP contribution in [0.5, 0.6) is 0 Å². The van der Waals surface area contributed by atoms with Crippen LogP contribution in [0.4, 0.5) is 0 Å². The normalized spacial score (nSPS) is 19.5. The lowest BCUT2D eigenvalue weighted by Crippen LogP contribution is -3.14. The van der Waals surface area contributed by atoms with Gasteiger partial charge in [0.1, 0.15) is 19.6 Å². The van der Waals surface area contributed by atoms with Crippen LogP contribution in [0.1, 0.15) is 12.0 Å². The van der Waals surface area contributed by atoms with Crippen LogP contribution in [0, 0.1) is 0 Å². The van der Waals surface area contributed by atoms with Crippen molar-refractivity contribution in [3.8, 4) is 0 Å². The van der Waals surface area contributed by atoms with Crippen LogP contribution >= 0.6 is 23.8 Å². The van der Waals surface area contributed by atoms with Crippen molar-refractivity contribution in [2.24, 2.45) is 0 Å². The van der Waals surface area contributed by atoms with Gasteiger partial charge in [-0.1, -0.05) is 23.7 Å². The monoisotopic (exact) mass is 398 g/mol. The van der Waals surface area contributed by atoms with E-state index in [0.29, 0.717) is 0 Å². The first-order valence-corrected chi connectivity index (χ1v) is 10.5. The number of rotatable bonds is 6. The zero-order valence-corrected chi connectivity index (χ0v) is 17.0. The molecule has 2 saturated heterocycles. The molecule has 7 heteroatoms. The minimum Gasteiger partial charge on any atom is -0.370 e. The molecule has 3 N–H and O–H groups in total. The average Bonchev–Trinajstić information content (AvgIpc) is 2.68. The Bertz CT molecular complexity index is 557. The predicted octanol–water partition coefficient (Wildman–Crippen LogP) is -0.780. The molecule has 2 fully saturated rings. The van der Waals surface area contributed by atoms with Gasteiger partial charge in [0.2, 0.25) is 0 Å². The summed E-state index contributed by atoms with van der Waals surface area (Å²) in [5, 5.41) is 5.18. The molecule has 0 saturated carbocycles. The Morgan fingerprint density at radius 2 is 1.77 bits per heavy atom. The largest absolute Gasteiger partial charge is 0.370 e. The number of morpholine rings is 1. The molecule has 5 nitrogen and oxygen atoms in total. The number of benzene rings is 1. The molecule has 1 aromatic rings. The fourth-order valence-corrected chi connectivity index (χ4v) is 4.06. The number of nitrogens with one attached hydrogen (secondary N) is 3. The molecule has 1 aromatic carbocycles. The third kappa shape index (κ3) is 6.35. The number of piperazine rings is 1. The molecular formula is C19H31ClN4OS+2. The first-order chi connectivity index (χ1) is 12.7. The number of thiocarbonyl (C=S) groups is 1. The fourth-order valence-electron chi connectivity index (χ4n) is 3.65. The van der Waals surface area contributed by atoms with Gasteiger partial charge in [0, 0.05) is 23.6 Å². The van der Waals surface area contributed by atoms with Crippen LogP contribution in [0.15, 0.2) is 24.3 Å². The van der Waals surface area contributed by atoms with E-state index in [4.69, 9.17) is 28.6 Å². The van der Waals surface area contributed by atoms with Crippen molar-refractivity contribution in [2.75, 3.05) is 65.6 Å². The van der Waals surface area contributed by atoms with Crippen molar-refractivity contribution in [1.29, 1.82) is 0 Å². The molecule has 144 valence electrons. The maximum absolute atomic E-state index is 5.96. The Balaban J connectivity index is 1.29. The molecule has 0 radical (unpaired) electrons. The lowest BCUT2D eigenvalue weighted by molar-refractivity contribution is -0.917. The molecule has 26 heavy (non-hydrogen) atoms. The average molecular weight is 399 g/mol. The third-order valence-corrected chi connectivity index (χ3v) is 5.96. The second kappa shape index (κ2) is 10.4. The number of ether oxygens (including phenoxy) is 1. The Morgan fingerprint density at radius 1 is 1.08 bits per heavy atom. The molecule has 0 aliphatic carbocycles. The number of quaternary nitrogens is 2. The van der Waals surface area contributed by atoms with Crippen molar-refractivity contribution in [3.63, 3.8) is 0 Å². The van der Waals surface area contributed by atoms with Gasteiger partial charge in [-0.15, -0.1) is 0 Å². The quantitative estimate of drug-likeness (QED) is 0.434. The van der Waals surface area contributed by atoms with Gasteiger partial charge < -0.3 is 24.8 Å². The van der Waals surface area contributed by atoms with Gasteiger partial charge in [0.15, 0.2) is 5.11 Å². The summed E-state index contributed by atoms with van der Waals surface area (Å²) in [6.07, 6.45) is 1.16. The fraction of sp³-hybridized carbons (Fsp3) is 0.632. The van der Waals surface area contributed by atoms with Crippen LogP contribution in [-0.4, -0.2) is 75.6 Å². The SMILES string of the molecule is S=C(NCCC[NH+]1CCOCC1)N1CC[NH+](Cc2ccc(Cl)cc2)CC1. The van der Waals surface area contributed by atoms with E-state index in [1.165, 1.54) is 12.1 Å². The van der Waals surface area contributed by atoms with Crippen LogP contribution in [0.25, 0.3) is 0 Å². The van der Waals surface area contributed by atoms with Crippen molar-refractivity contribution < 1.29 is 14.5 Å². The standard InChI is InChI=1S/C19H29ClN4OS/c20-18-4-2-17(3-5-18)16-23-8-10-24(11-9-23)19(26)21-6-1-7-22-12-14-25-15-13-22/h2-5H,1,6-16H2,(H,21,26)/p+2. The zero-order valence-electron chi connectivity index (χ0n) is 15.4. The maximum Gasteiger partial charge on any atom is 0.169 e. The van der Waals surface area contributed by atoms with Crippen LogP contribution in [0.2, 0.25) is 5.02 Å². The Labute approximate surface area is 167 Å².